The molecule has 2 aliphatic rings. The van der Waals surface area contributed by atoms with Gasteiger partial charge < -0.3 is 19.7 Å². The third kappa shape index (κ3) is 3.29. The summed E-state index contributed by atoms with van der Waals surface area (Å²) < 4.78 is 25.2. The van der Waals surface area contributed by atoms with E-state index in [-0.39, 0.29) is 18.3 Å². The van der Waals surface area contributed by atoms with Crippen molar-refractivity contribution in [2.75, 3.05) is 36.5 Å². The third-order valence-electron chi connectivity index (χ3n) is 4.50. The molecule has 26 heavy (non-hydrogen) atoms. The first-order chi connectivity index (χ1) is 12.6. The van der Waals surface area contributed by atoms with Crippen molar-refractivity contribution < 1.29 is 18.7 Å². The highest BCUT2D eigenvalue weighted by atomic mass is 35.5. The number of halogens is 2. The highest BCUT2D eigenvalue weighted by molar-refractivity contribution is 6.34. The largest absolute Gasteiger partial charge is 0.486 e. The van der Waals surface area contributed by atoms with Crippen LogP contribution >= 0.6 is 11.6 Å². The molecule has 0 fully saturated rings. The van der Waals surface area contributed by atoms with E-state index >= 15 is 0 Å². The van der Waals surface area contributed by atoms with Crippen LogP contribution in [0, 0.1) is 5.82 Å². The molecule has 136 valence electrons. The SMILES string of the molecule is O=C(CN1CCCc2cccc(F)c21)Nc1cc2c(cc1Cl)OCCO2. The van der Waals surface area contributed by atoms with Gasteiger partial charge in [-0.15, -0.1) is 0 Å². The van der Waals surface area contributed by atoms with Gasteiger partial charge >= 0.3 is 0 Å². The van der Waals surface area contributed by atoms with Crippen LogP contribution in [-0.2, 0) is 11.2 Å². The van der Waals surface area contributed by atoms with Crippen molar-refractivity contribution in [3.63, 3.8) is 0 Å². The van der Waals surface area contributed by atoms with Crippen LogP contribution in [0.15, 0.2) is 30.3 Å². The number of nitrogens with zero attached hydrogens (tertiary/aromatic N) is 1. The Morgan fingerprint density at radius 1 is 1.23 bits per heavy atom. The van der Waals surface area contributed by atoms with Crippen LogP contribution in [0.5, 0.6) is 11.5 Å². The van der Waals surface area contributed by atoms with Crippen LogP contribution in [0.3, 0.4) is 0 Å². The maximum atomic E-state index is 14.2. The molecule has 2 aromatic rings. The Labute approximate surface area is 155 Å². The number of rotatable bonds is 3. The fraction of sp³-hybridized carbons (Fsp3) is 0.316. The average molecular weight is 377 g/mol. The molecule has 0 unspecified atom stereocenters. The maximum absolute atomic E-state index is 14.2. The maximum Gasteiger partial charge on any atom is 0.243 e. The topological polar surface area (TPSA) is 50.8 Å². The monoisotopic (exact) mass is 376 g/mol. The number of amides is 1. The minimum Gasteiger partial charge on any atom is -0.486 e. The van der Waals surface area contributed by atoms with E-state index in [1.165, 1.54) is 6.07 Å². The van der Waals surface area contributed by atoms with E-state index in [1.54, 1.807) is 23.1 Å². The Kier molecular flexibility index (Phi) is 4.59. The first-order valence-electron chi connectivity index (χ1n) is 8.53. The number of hydrogen-bond donors (Lipinski definition) is 1. The lowest BCUT2D eigenvalue weighted by Crippen LogP contribution is -2.37. The van der Waals surface area contributed by atoms with Gasteiger partial charge in [-0.2, -0.15) is 0 Å². The zero-order valence-electron chi connectivity index (χ0n) is 14.1. The van der Waals surface area contributed by atoms with Crippen molar-refractivity contribution in [2.45, 2.75) is 12.8 Å². The summed E-state index contributed by atoms with van der Waals surface area (Å²) in [5.74, 6) is 0.545. The quantitative estimate of drug-likeness (QED) is 0.888. The highest BCUT2D eigenvalue weighted by Gasteiger charge is 2.23. The summed E-state index contributed by atoms with van der Waals surface area (Å²) in [5.41, 5.74) is 1.90. The number of fused-ring (bicyclic) bond motifs is 2. The summed E-state index contributed by atoms with van der Waals surface area (Å²) >= 11 is 6.23. The molecular weight excluding hydrogens is 359 g/mol. The summed E-state index contributed by atoms with van der Waals surface area (Å²) in [4.78, 5) is 14.3. The van der Waals surface area contributed by atoms with Crippen molar-refractivity contribution in [2.24, 2.45) is 0 Å². The molecule has 2 aromatic carbocycles. The number of para-hydroxylation sites is 1. The van der Waals surface area contributed by atoms with E-state index < -0.39 is 0 Å². The summed E-state index contributed by atoms with van der Waals surface area (Å²) in [7, 11) is 0. The number of carbonyl (C=O) groups is 1. The number of benzene rings is 2. The number of nitrogens with one attached hydrogen (secondary N) is 1. The lowest BCUT2D eigenvalue weighted by molar-refractivity contribution is -0.115. The smallest absolute Gasteiger partial charge is 0.243 e. The van der Waals surface area contributed by atoms with Gasteiger partial charge in [0.2, 0.25) is 5.91 Å². The van der Waals surface area contributed by atoms with Gasteiger partial charge in [0.15, 0.2) is 11.5 Å². The zero-order valence-corrected chi connectivity index (χ0v) is 14.8. The first kappa shape index (κ1) is 17.0. The normalized spacial score (nSPS) is 15.4. The second-order valence-electron chi connectivity index (χ2n) is 6.30. The molecule has 2 heterocycles. The molecule has 5 nitrogen and oxygen atoms in total. The summed E-state index contributed by atoms with van der Waals surface area (Å²) in [5, 5.41) is 3.16. The van der Waals surface area contributed by atoms with E-state index in [4.69, 9.17) is 21.1 Å². The molecule has 0 spiro atoms. The van der Waals surface area contributed by atoms with Gasteiger partial charge in [-0.3, -0.25) is 4.79 Å². The Bertz CT molecular complexity index is 859. The van der Waals surface area contributed by atoms with Crippen LogP contribution in [0.1, 0.15) is 12.0 Å². The minimum absolute atomic E-state index is 0.0543. The van der Waals surface area contributed by atoms with Gasteiger partial charge in [-0.1, -0.05) is 23.7 Å². The van der Waals surface area contributed by atoms with Crippen molar-refractivity contribution >= 4 is 28.9 Å². The van der Waals surface area contributed by atoms with Crippen molar-refractivity contribution in [3.8, 4) is 11.5 Å². The van der Waals surface area contributed by atoms with Crippen LogP contribution in [-0.4, -0.2) is 32.2 Å². The molecular formula is C19H18ClFN2O3. The van der Waals surface area contributed by atoms with Gasteiger partial charge in [0.05, 0.1) is 22.9 Å². The van der Waals surface area contributed by atoms with Gasteiger partial charge in [0, 0.05) is 18.7 Å². The fourth-order valence-electron chi connectivity index (χ4n) is 3.37. The molecule has 1 N–H and O–H groups in total. The highest BCUT2D eigenvalue weighted by Crippen LogP contribution is 2.38. The van der Waals surface area contributed by atoms with E-state index in [0.717, 1.165) is 18.4 Å². The molecule has 0 atom stereocenters. The molecule has 0 aromatic heterocycles. The standard InChI is InChI=1S/C19H18ClFN2O3/c20-13-9-16-17(26-8-7-25-16)10-15(13)22-18(24)11-23-6-2-4-12-3-1-5-14(21)19(12)23/h1,3,5,9-10H,2,4,6-8,11H2,(H,22,24). The Morgan fingerprint density at radius 3 is 2.81 bits per heavy atom. The number of aryl methyl sites for hydroxylation is 1. The van der Waals surface area contributed by atoms with E-state index in [1.807, 2.05) is 6.07 Å². The average Bonchev–Trinajstić information content (AvgIpc) is 2.62. The van der Waals surface area contributed by atoms with Crippen LogP contribution in [0.25, 0.3) is 0 Å². The van der Waals surface area contributed by atoms with E-state index in [0.29, 0.717) is 47.7 Å². The number of carbonyl (C=O) groups excluding carboxylic acids is 1. The number of ether oxygens (including phenoxy) is 2. The predicted octanol–water partition coefficient (Wildman–Crippen LogP) is 3.64. The van der Waals surface area contributed by atoms with Crippen molar-refractivity contribution in [3.05, 3.63) is 46.7 Å². The van der Waals surface area contributed by atoms with Crippen LogP contribution < -0.4 is 19.7 Å². The molecule has 7 heteroatoms. The third-order valence-corrected chi connectivity index (χ3v) is 4.81. The molecule has 0 saturated heterocycles. The lowest BCUT2D eigenvalue weighted by Gasteiger charge is -2.31. The van der Waals surface area contributed by atoms with E-state index in [2.05, 4.69) is 5.32 Å². The molecule has 2 aliphatic heterocycles. The number of hydrogen-bond acceptors (Lipinski definition) is 4. The van der Waals surface area contributed by atoms with Gasteiger partial charge in [0.25, 0.3) is 0 Å². The first-order valence-corrected chi connectivity index (χ1v) is 8.91. The van der Waals surface area contributed by atoms with Gasteiger partial charge in [-0.05, 0) is 24.5 Å². The Hall–Kier alpha value is -2.47. The second kappa shape index (κ2) is 7.03. The summed E-state index contributed by atoms with van der Waals surface area (Å²) in [6.07, 6.45) is 1.70. The molecule has 0 radical (unpaired) electrons. The second-order valence-corrected chi connectivity index (χ2v) is 6.70. The summed E-state index contributed by atoms with van der Waals surface area (Å²) in [6.45, 7) is 1.61. The minimum atomic E-state index is -0.299. The molecule has 0 bridgehead atoms. The molecule has 0 saturated carbocycles. The number of anilines is 2. The zero-order chi connectivity index (χ0) is 18.1. The van der Waals surface area contributed by atoms with Crippen LogP contribution in [0.4, 0.5) is 15.8 Å². The fourth-order valence-corrected chi connectivity index (χ4v) is 3.57. The molecule has 0 aliphatic carbocycles. The van der Waals surface area contributed by atoms with Crippen molar-refractivity contribution in [1.29, 1.82) is 0 Å². The lowest BCUT2D eigenvalue weighted by atomic mass is 10.0. The van der Waals surface area contributed by atoms with Crippen LogP contribution in [0.2, 0.25) is 5.02 Å². The van der Waals surface area contributed by atoms with Gasteiger partial charge in [0.1, 0.15) is 19.0 Å². The Morgan fingerprint density at radius 2 is 2.00 bits per heavy atom. The summed E-state index contributed by atoms with van der Waals surface area (Å²) in [6, 6.07) is 8.31. The molecule has 1 amide bonds. The van der Waals surface area contributed by atoms with Crippen molar-refractivity contribution in [1.82, 2.24) is 0 Å². The van der Waals surface area contributed by atoms with Gasteiger partial charge in [-0.25, -0.2) is 4.39 Å². The molecule has 4 rings (SSSR count). The Balaban J connectivity index is 1.51. The van der Waals surface area contributed by atoms with E-state index in [9.17, 15) is 9.18 Å². The predicted molar refractivity (Wildman–Crippen MR) is 98.0 cm³/mol.